The molecule has 0 radical (unpaired) electrons. The molecule has 1 aliphatic rings. The topological polar surface area (TPSA) is 54.5 Å². The highest BCUT2D eigenvalue weighted by atomic mass is 79.9. The largest absolute Gasteiger partial charge is 0.341 e. The summed E-state index contributed by atoms with van der Waals surface area (Å²) < 4.78 is 26.4. The summed E-state index contributed by atoms with van der Waals surface area (Å²) in [4.78, 5) is 14.3. The third kappa shape index (κ3) is 4.25. The van der Waals surface area contributed by atoms with Crippen LogP contribution in [-0.4, -0.2) is 37.6 Å². The van der Waals surface area contributed by atoms with Gasteiger partial charge in [0.15, 0.2) is 9.84 Å². The van der Waals surface area contributed by atoms with Gasteiger partial charge in [0.1, 0.15) is 0 Å². The van der Waals surface area contributed by atoms with Gasteiger partial charge in [-0.3, -0.25) is 4.79 Å². The zero-order valence-electron chi connectivity index (χ0n) is 13.4. The van der Waals surface area contributed by atoms with Crippen molar-refractivity contribution in [2.75, 3.05) is 13.1 Å². The van der Waals surface area contributed by atoms with Crippen molar-refractivity contribution in [1.82, 2.24) is 4.90 Å². The van der Waals surface area contributed by atoms with Crippen molar-refractivity contribution in [3.8, 4) is 0 Å². The number of carbonyl (C=O) groups is 1. The van der Waals surface area contributed by atoms with Crippen molar-refractivity contribution >= 4 is 43.3 Å². The number of rotatable bonds is 4. The summed E-state index contributed by atoms with van der Waals surface area (Å²) in [5.74, 6) is -0.0453. The summed E-state index contributed by atoms with van der Waals surface area (Å²) in [5.41, 5.74) is 0.914. The van der Waals surface area contributed by atoms with Crippen molar-refractivity contribution in [2.24, 2.45) is 0 Å². The molecule has 4 nitrogen and oxygen atoms in total. The molecule has 0 spiro atoms. The molecule has 2 aromatic rings. The van der Waals surface area contributed by atoms with Gasteiger partial charge in [-0.2, -0.15) is 0 Å². The Morgan fingerprint density at radius 3 is 2.40 bits per heavy atom. The average molecular weight is 443 g/mol. The van der Waals surface area contributed by atoms with Crippen LogP contribution >= 0.6 is 27.5 Å². The number of carbonyl (C=O) groups excluding carboxylic acids is 1. The predicted octanol–water partition coefficient (Wildman–Crippen LogP) is 3.72. The second kappa shape index (κ2) is 7.48. The molecule has 25 heavy (non-hydrogen) atoms. The first-order chi connectivity index (χ1) is 11.9. The molecule has 1 amide bonds. The quantitative estimate of drug-likeness (QED) is 0.725. The number of sulfone groups is 1. The second-order valence-corrected chi connectivity index (χ2v) is 9.63. The molecule has 0 aliphatic carbocycles. The van der Waals surface area contributed by atoms with Crippen LogP contribution in [-0.2, 0) is 21.1 Å². The Labute approximate surface area is 160 Å². The van der Waals surface area contributed by atoms with E-state index in [0.717, 1.165) is 10.0 Å². The molecule has 1 aliphatic heterocycles. The standard InChI is InChI=1S/C18H17BrClNO3S/c19-14-3-1-13(2-4-14)11-18(22)21-10-9-17(12-21)25(23,24)16-7-5-15(20)6-8-16/h1-8,17H,9-12H2/t17-/m0/s1. The summed E-state index contributed by atoms with van der Waals surface area (Å²) in [5, 5.41) is -0.0702. The van der Waals surface area contributed by atoms with Crippen LogP contribution in [0.15, 0.2) is 57.9 Å². The fraction of sp³-hybridized carbons (Fsp3) is 0.278. The summed E-state index contributed by atoms with van der Waals surface area (Å²) >= 11 is 9.19. The van der Waals surface area contributed by atoms with E-state index in [4.69, 9.17) is 11.6 Å². The Hall–Kier alpha value is -1.37. The smallest absolute Gasteiger partial charge is 0.227 e. The van der Waals surface area contributed by atoms with E-state index in [1.54, 1.807) is 17.0 Å². The lowest BCUT2D eigenvalue weighted by Gasteiger charge is -2.17. The molecule has 1 fully saturated rings. The van der Waals surface area contributed by atoms with Gasteiger partial charge in [-0.15, -0.1) is 0 Å². The molecule has 0 saturated carbocycles. The van der Waals surface area contributed by atoms with E-state index >= 15 is 0 Å². The van der Waals surface area contributed by atoms with Gasteiger partial charge in [0.25, 0.3) is 0 Å². The Morgan fingerprint density at radius 1 is 1.12 bits per heavy atom. The molecule has 132 valence electrons. The zero-order valence-corrected chi connectivity index (χ0v) is 16.5. The minimum Gasteiger partial charge on any atom is -0.341 e. The molecule has 2 aromatic carbocycles. The first-order valence-corrected chi connectivity index (χ1v) is 10.6. The number of halogens is 2. The van der Waals surface area contributed by atoms with Crippen LogP contribution in [0.2, 0.25) is 5.02 Å². The first kappa shape index (κ1) is 18.4. The van der Waals surface area contributed by atoms with Crippen molar-refractivity contribution in [1.29, 1.82) is 0 Å². The third-order valence-corrected chi connectivity index (χ3v) is 7.32. The fourth-order valence-electron chi connectivity index (χ4n) is 2.91. The van der Waals surface area contributed by atoms with E-state index in [1.165, 1.54) is 12.1 Å². The molecule has 0 unspecified atom stereocenters. The maximum atomic E-state index is 12.7. The van der Waals surface area contributed by atoms with Crippen molar-refractivity contribution < 1.29 is 13.2 Å². The lowest BCUT2D eigenvalue weighted by atomic mass is 10.1. The Kier molecular flexibility index (Phi) is 5.51. The SMILES string of the molecule is O=C(Cc1ccc(Br)cc1)N1CC[C@H](S(=O)(=O)c2ccc(Cl)cc2)C1. The lowest BCUT2D eigenvalue weighted by Crippen LogP contribution is -2.32. The van der Waals surface area contributed by atoms with Crippen LogP contribution in [0.3, 0.4) is 0 Å². The zero-order chi connectivity index (χ0) is 18.0. The highest BCUT2D eigenvalue weighted by Crippen LogP contribution is 2.25. The first-order valence-electron chi connectivity index (χ1n) is 7.88. The van der Waals surface area contributed by atoms with Crippen LogP contribution in [0.4, 0.5) is 0 Å². The molecule has 0 aromatic heterocycles. The molecular weight excluding hydrogens is 426 g/mol. The molecular formula is C18H17BrClNO3S. The average Bonchev–Trinajstić information content (AvgIpc) is 3.08. The normalized spacial score (nSPS) is 17.7. The molecule has 0 N–H and O–H groups in total. The van der Waals surface area contributed by atoms with Crippen LogP contribution in [0, 0.1) is 0 Å². The maximum Gasteiger partial charge on any atom is 0.227 e. The third-order valence-electron chi connectivity index (χ3n) is 4.35. The van der Waals surface area contributed by atoms with Crippen molar-refractivity contribution in [3.63, 3.8) is 0 Å². The Morgan fingerprint density at radius 2 is 1.76 bits per heavy atom. The van der Waals surface area contributed by atoms with Gasteiger partial charge in [0.2, 0.25) is 5.91 Å². The lowest BCUT2D eigenvalue weighted by molar-refractivity contribution is -0.129. The highest BCUT2D eigenvalue weighted by molar-refractivity contribution is 9.10. The van der Waals surface area contributed by atoms with Crippen LogP contribution in [0.5, 0.6) is 0 Å². The minimum atomic E-state index is -3.46. The molecule has 1 heterocycles. The number of hydrogen-bond donors (Lipinski definition) is 0. The van der Waals surface area contributed by atoms with E-state index in [-0.39, 0.29) is 23.8 Å². The van der Waals surface area contributed by atoms with Gasteiger partial charge < -0.3 is 4.90 Å². The minimum absolute atomic E-state index is 0.0453. The number of hydrogen-bond acceptors (Lipinski definition) is 3. The highest BCUT2D eigenvalue weighted by Gasteiger charge is 2.35. The van der Waals surface area contributed by atoms with E-state index in [2.05, 4.69) is 15.9 Å². The van der Waals surface area contributed by atoms with Gasteiger partial charge in [-0.25, -0.2) is 8.42 Å². The number of amides is 1. The van der Waals surface area contributed by atoms with Crippen LogP contribution in [0.25, 0.3) is 0 Å². The van der Waals surface area contributed by atoms with Gasteiger partial charge in [0, 0.05) is 22.6 Å². The summed E-state index contributed by atoms with van der Waals surface area (Å²) in [6.45, 7) is 0.702. The second-order valence-electron chi connectivity index (χ2n) is 6.05. The van der Waals surface area contributed by atoms with E-state index in [9.17, 15) is 13.2 Å². The van der Waals surface area contributed by atoms with Gasteiger partial charge >= 0.3 is 0 Å². The monoisotopic (exact) mass is 441 g/mol. The van der Waals surface area contributed by atoms with Crippen LogP contribution < -0.4 is 0 Å². The fourth-order valence-corrected chi connectivity index (χ4v) is 5.00. The van der Waals surface area contributed by atoms with Gasteiger partial charge in [-0.1, -0.05) is 39.7 Å². The number of nitrogens with zero attached hydrogens (tertiary/aromatic N) is 1. The summed E-state index contributed by atoms with van der Waals surface area (Å²) in [7, 11) is -3.46. The van der Waals surface area contributed by atoms with Crippen LogP contribution in [0.1, 0.15) is 12.0 Å². The molecule has 0 bridgehead atoms. The van der Waals surface area contributed by atoms with E-state index < -0.39 is 15.1 Å². The summed E-state index contributed by atoms with van der Waals surface area (Å²) in [6, 6.07) is 13.7. The van der Waals surface area contributed by atoms with E-state index in [0.29, 0.717) is 18.0 Å². The molecule has 1 atom stereocenters. The maximum absolute atomic E-state index is 12.7. The van der Waals surface area contributed by atoms with E-state index in [1.807, 2.05) is 24.3 Å². The van der Waals surface area contributed by atoms with Crippen molar-refractivity contribution in [3.05, 3.63) is 63.6 Å². The Balaban J connectivity index is 1.67. The predicted molar refractivity (Wildman–Crippen MR) is 101 cm³/mol. The van der Waals surface area contributed by atoms with Gasteiger partial charge in [0.05, 0.1) is 16.6 Å². The Bertz CT molecular complexity index is 866. The van der Waals surface area contributed by atoms with Crippen molar-refractivity contribution in [2.45, 2.75) is 23.0 Å². The molecule has 3 rings (SSSR count). The molecule has 1 saturated heterocycles. The summed E-state index contributed by atoms with van der Waals surface area (Å²) in [6.07, 6.45) is 0.734. The molecule has 7 heteroatoms. The number of benzene rings is 2. The van der Waals surface area contributed by atoms with Gasteiger partial charge in [-0.05, 0) is 48.4 Å². The number of likely N-dealkylation sites (tertiary alicyclic amines) is 1.